The molecule has 31 heavy (non-hydrogen) atoms. The zero-order valence-electron chi connectivity index (χ0n) is 17.0. The van der Waals surface area contributed by atoms with Crippen molar-refractivity contribution in [1.82, 2.24) is 14.8 Å². The van der Waals surface area contributed by atoms with Crippen molar-refractivity contribution in [1.29, 1.82) is 0 Å². The SMILES string of the molecule is C=CCn1c(CC(=O)Nc2ccc(Cl)cc2)nnc1SCC(=O)Nc1ccc(C)cc1. The number of nitrogens with zero attached hydrogens (tertiary/aromatic N) is 3. The number of hydrogen-bond acceptors (Lipinski definition) is 5. The fraction of sp³-hybridized carbons (Fsp3) is 0.182. The van der Waals surface area contributed by atoms with Crippen molar-refractivity contribution >= 4 is 46.6 Å². The van der Waals surface area contributed by atoms with E-state index in [9.17, 15) is 9.59 Å². The van der Waals surface area contributed by atoms with E-state index < -0.39 is 0 Å². The van der Waals surface area contributed by atoms with Gasteiger partial charge in [0.1, 0.15) is 5.82 Å². The summed E-state index contributed by atoms with van der Waals surface area (Å²) in [5.41, 5.74) is 2.51. The Morgan fingerprint density at radius 1 is 1.03 bits per heavy atom. The number of rotatable bonds is 9. The van der Waals surface area contributed by atoms with Crippen LogP contribution in [0.2, 0.25) is 5.02 Å². The third-order valence-electron chi connectivity index (χ3n) is 4.22. The Balaban J connectivity index is 1.60. The number of benzene rings is 2. The van der Waals surface area contributed by atoms with E-state index in [2.05, 4.69) is 27.4 Å². The average molecular weight is 456 g/mol. The number of amides is 2. The number of allylic oxidation sites excluding steroid dienone is 1. The van der Waals surface area contributed by atoms with Gasteiger partial charge in [-0.15, -0.1) is 16.8 Å². The predicted molar refractivity (Wildman–Crippen MR) is 125 cm³/mol. The topological polar surface area (TPSA) is 88.9 Å². The standard InChI is InChI=1S/C22H22ClN5O2S/c1-3-12-28-19(13-20(29)24-18-10-6-16(23)7-11-18)26-27-22(28)31-14-21(30)25-17-8-4-15(2)5-9-17/h3-11H,1,12-14H2,2H3,(H,24,29)(H,25,30). The van der Waals surface area contributed by atoms with E-state index in [0.29, 0.717) is 28.2 Å². The number of aryl methyl sites for hydroxylation is 1. The minimum Gasteiger partial charge on any atom is -0.326 e. The molecule has 0 aliphatic rings. The second-order valence-electron chi connectivity index (χ2n) is 6.73. The summed E-state index contributed by atoms with van der Waals surface area (Å²) in [6.45, 7) is 6.17. The molecule has 0 spiro atoms. The summed E-state index contributed by atoms with van der Waals surface area (Å²) in [6.07, 6.45) is 1.74. The van der Waals surface area contributed by atoms with Crippen molar-refractivity contribution in [3.63, 3.8) is 0 Å². The van der Waals surface area contributed by atoms with Crippen molar-refractivity contribution in [2.45, 2.75) is 25.0 Å². The first-order chi connectivity index (χ1) is 14.9. The summed E-state index contributed by atoms with van der Waals surface area (Å²) >= 11 is 7.12. The van der Waals surface area contributed by atoms with Gasteiger partial charge in [-0.25, -0.2) is 0 Å². The average Bonchev–Trinajstić information content (AvgIpc) is 3.11. The molecule has 0 radical (unpaired) electrons. The van der Waals surface area contributed by atoms with Crippen molar-refractivity contribution in [3.05, 3.63) is 77.6 Å². The number of carbonyl (C=O) groups excluding carboxylic acids is 2. The number of thioether (sulfide) groups is 1. The maximum absolute atomic E-state index is 12.4. The highest BCUT2D eigenvalue weighted by atomic mass is 35.5. The van der Waals surface area contributed by atoms with Crippen LogP contribution in [0.5, 0.6) is 0 Å². The molecule has 0 atom stereocenters. The lowest BCUT2D eigenvalue weighted by molar-refractivity contribution is -0.116. The van der Waals surface area contributed by atoms with Crippen LogP contribution >= 0.6 is 23.4 Å². The van der Waals surface area contributed by atoms with Crippen molar-refractivity contribution in [2.24, 2.45) is 0 Å². The summed E-state index contributed by atoms with van der Waals surface area (Å²) in [5.74, 6) is 0.283. The fourth-order valence-corrected chi connectivity index (χ4v) is 3.61. The highest BCUT2D eigenvalue weighted by molar-refractivity contribution is 7.99. The van der Waals surface area contributed by atoms with Gasteiger partial charge in [0.15, 0.2) is 5.16 Å². The van der Waals surface area contributed by atoms with Gasteiger partial charge < -0.3 is 15.2 Å². The molecule has 3 aromatic rings. The van der Waals surface area contributed by atoms with Gasteiger partial charge in [0, 0.05) is 22.9 Å². The zero-order valence-corrected chi connectivity index (χ0v) is 18.5. The van der Waals surface area contributed by atoms with Gasteiger partial charge in [0.05, 0.1) is 12.2 Å². The fourth-order valence-electron chi connectivity index (χ4n) is 2.72. The van der Waals surface area contributed by atoms with E-state index in [1.165, 1.54) is 11.8 Å². The maximum atomic E-state index is 12.4. The molecule has 0 saturated carbocycles. The molecule has 0 unspecified atom stereocenters. The summed E-state index contributed by atoms with van der Waals surface area (Å²) in [7, 11) is 0. The Labute approximate surface area is 189 Å². The van der Waals surface area contributed by atoms with Gasteiger partial charge in [0.2, 0.25) is 11.8 Å². The Bertz CT molecular complexity index is 1060. The minimum absolute atomic E-state index is 0.0413. The maximum Gasteiger partial charge on any atom is 0.234 e. The molecule has 2 N–H and O–H groups in total. The Morgan fingerprint density at radius 2 is 1.65 bits per heavy atom. The minimum atomic E-state index is -0.228. The molecule has 7 nitrogen and oxygen atoms in total. The van der Waals surface area contributed by atoms with Gasteiger partial charge in [-0.2, -0.15) is 0 Å². The summed E-state index contributed by atoms with van der Waals surface area (Å²) < 4.78 is 1.78. The lowest BCUT2D eigenvalue weighted by atomic mass is 10.2. The predicted octanol–water partition coefficient (Wildman–Crippen LogP) is 4.34. The lowest BCUT2D eigenvalue weighted by Gasteiger charge is -2.09. The number of halogens is 1. The highest BCUT2D eigenvalue weighted by Crippen LogP contribution is 2.19. The third kappa shape index (κ3) is 6.70. The molecular weight excluding hydrogens is 434 g/mol. The van der Waals surface area contributed by atoms with Gasteiger partial charge in [0.25, 0.3) is 0 Å². The van der Waals surface area contributed by atoms with E-state index in [1.54, 1.807) is 34.9 Å². The largest absolute Gasteiger partial charge is 0.326 e. The van der Waals surface area contributed by atoms with Crippen molar-refractivity contribution in [2.75, 3.05) is 16.4 Å². The molecule has 3 rings (SSSR count). The van der Waals surface area contributed by atoms with Crippen LogP contribution in [0.3, 0.4) is 0 Å². The molecule has 0 aliphatic heterocycles. The Morgan fingerprint density at radius 3 is 2.29 bits per heavy atom. The number of anilines is 2. The van der Waals surface area contributed by atoms with Gasteiger partial charge >= 0.3 is 0 Å². The van der Waals surface area contributed by atoms with Crippen LogP contribution in [0.4, 0.5) is 11.4 Å². The molecule has 1 heterocycles. The first-order valence-electron chi connectivity index (χ1n) is 9.52. The summed E-state index contributed by atoms with van der Waals surface area (Å²) in [4.78, 5) is 24.7. The molecule has 2 aromatic carbocycles. The van der Waals surface area contributed by atoms with Crippen LogP contribution in [0.1, 0.15) is 11.4 Å². The number of hydrogen-bond donors (Lipinski definition) is 2. The second-order valence-corrected chi connectivity index (χ2v) is 8.11. The molecule has 9 heteroatoms. The number of nitrogens with one attached hydrogen (secondary N) is 2. The number of aromatic nitrogens is 3. The quantitative estimate of drug-likeness (QED) is 0.370. The molecule has 2 amide bonds. The summed E-state index contributed by atoms with van der Waals surface area (Å²) in [6, 6.07) is 14.4. The van der Waals surface area contributed by atoms with Crippen molar-refractivity contribution in [3.8, 4) is 0 Å². The first-order valence-corrected chi connectivity index (χ1v) is 10.9. The molecule has 0 fully saturated rings. The van der Waals surface area contributed by atoms with E-state index in [4.69, 9.17) is 11.6 Å². The van der Waals surface area contributed by atoms with E-state index in [-0.39, 0.29) is 24.0 Å². The monoisotopic (exact) mass is 455 g/mol. The molecule has 0 saturated heterocycles. The lowest BCUT2D eigenvalue weighted by Crippen LogP contribution is -2.18. The van der Waals surface area contributed by atoms with Gasteiger partial charge in [-0.05, 0) is 43.3 Å². The van der Waals surface area contributed by atoms with E-state index in [0.717, 1.165) is 11.3 Å². The van der Waals surface area contributed by atoms with Gasteiger partial charge in [-0.3, -0.25) is 9.59 Å². The molecule has 0 aliphatic carbocycles. The molecular formula is C22H22ClN5O2S. The number of carbonyl (C=O) groups is 2. The van der Waals surface area contributed by atoms with Crippen LogP contribution in [-0.2, 0) is 22.6 Å². The smallest absolute Gasteiger partial charge is 0.234 e. The third-order valence-corrected chi connectivity index (χ3v) is 5.44. The Hall–Kier alpha value is -3.10. The second kappa shape index (κ2) is 10.8. The van der Waals surface area contributed by atoms with Crippen LogP contribution in [-0.4, -0.2) is 32.3 Å². The molecule has 1 aromatic heterocycles. The van der Waals surface area contributed by atoms with Crippen LogP contribution in [0.25, 0.3) is 0 Å². The Kier molecular flexibility index (Phi) is 7.86. The first kappa shape index (κ1) is 22.6. The van der Waals surface area contributed by atoms with Crippen LogP contribution < -0.4 is 10.6 Å². The normalized spacial score (nSPS) is 10.5. The zero-order chi connectivity index (χ0) is 22.2. The van der Waals surface area contributed by atoms with E-state index in [1.807, 2.05) is 31.2 Å². The van der Waals surface area contributed by atoms with Crippen LogP contribution in [0, 0.1) is 6.92 Å². The van der Waals surface area contributed by atoms with Gasteiger partial charge in [-0.1, -0.05) is 47.1 Å². The molecule has 0 bridgehead atoms. The van der Waals surface area contributed by atoms with E-state index >= 15 is 0 Å². The van der Waals surface area contributed by atoms with Crippen molar-refractivity contribution < 1.29 is 9.59 Å². The highest BCUT2D eigenvalue weighted by Gasteiger charge is 2.16. The summed E-state index contributed by atoms with van der Waals surface area (Å²) in [5, 5.41) is 15.1. The molecule has 160 valence electrons. The van der Waals surface area contributed by atoms with Crippen LogP contribution in [0.15, 0.2) is 66.3 Å².